The minimum Gasteiger partial charge on any atom is -0.492 e. The second-order valence-corrected chi connectivity index (χ2v) is 9.01. The number of carboxylic acid groups (broad SMARTS) is 6. The third-order valence-electron chi connectivity index (χ3n) is 4.47. The van der Waals surface area contributed by atoms with Gasteiger partial charge >= 0.3 is 41.8 Å². The summed E-state index contributed by atoms with van der Waals surface area (Å²) < 4.78 is 9.87. The smallest absolute Gasteiger partial charge is 0.340 e. The van der Waals surface area contributed by atoms with Crippen LogP contribution in [0.1, 0.15) is 75.5 Å². The highest BCUT2D eigenvalue weighted by molar-refractivity contribution is 6.12. The van der Waals surface area contributed by atoms with Crippen LogP contribution in [-0.2, 0) is 19.1 Å². The summed E-state index contributed by atoms with van der Waals surface area (Å²) in [5, 5.41) is 52.2. The average molecular weight is 642 g/mol. The SMILES string of the molecule is C=C(C)C(=O)O.C=C(C)C(=O)O.C=C(C)C(=O)OCCN(C)C.CCCOc1c(C(=O)O)c(C(=O)O)cc(C(=O)O)c1C(=O)O. The van der Waals surface area contributed by atoms with Gasteiger partial charge in [0.15, 0.2) is 0 Å². The third kappa shape index (κ3) is 18.6. The summed E-state index contributed by atoms with van der Waals surface area (Å²) in [4.78, 5) is 76.8. The number of carboxylic acids is 6. The van der Waals surface area contributed by atoms with Gasteiger partial charge in [-0.25, -0.2) is 33.6 Å². The molecule has 16 nitrogen and oxygen atoms in total. The number of esters is 1. The molecule has 0 aliphatic carbocycles. The van der Waals surface area contributed by atoms with Crippen LogP contribution in [0, 0.1) is 0 Å². The molecule has 0 saturated heterocycles. The highest BCUT2D eigenvalue weighted by atomic mass is 16.5. The highest BCUT2D eigenvalue weighted by Crippen LogP contribution is 2.32. The zero-order valence-corrected chi connectivity index (χ0v) is 25.8. The molecule has 0 aromatic heterocycles. The van der Waals surface area contributed by atoms with Crippen LogP contribution in [0.15, 0.2) is 42.5 Å². The van der Waals surface area contributed by atoms with E-state index in [4.69, 9.17) is 40.1 Å². The van der Waals surface area contributed by atoms with Crippen molar-refractivity contribution in [3.05, 3.63) is 64.8 Å². The molecule has 16 heteroatoms. The Bertz CT molecular complexity index is 1210. The molecule has 1 aromatic rings. The van der Waals surface area contributed by atoms with Gasteiger partial charge in [0, 0.05) is 23.3 Å². The third-order valence-corrected chi connectivity index (χ3v) is 4.47. The maximum atomic E-state index is 11.3. The van der Waals surface area contributed by atoms with Crippen LogP contribution in [0.5, 0.6) is 5.75 Å². The highest BCUT2D eigenvalue weighted by Gasteiger charge is 2.32. The van der Waals surface area contributed by atoms with Crippen molar-refractivity contribution in [2.24, 2.45) is 0 Å². The molecule has 250 valence electrons. The monoisotopic (exact) mass is 641 g/mol. The fourth-order valence-electron chi connectivity index (χ4n) is 2.21. The molecule has 0 atom stereocenters. The van der Waals surface area contributed by atoms with Crippen LogP contribution in [0.25, 0.3) is 0 Å². The van der Waals surface area contributed by atoms with Crippen LogP contribution in [0.3, 0.4) is 0 Å². The number of rotatable bonds is 13. The van der Waals surface area contributed by atoms with Gasteiger partial charge in [-0.1, -0.05) is 26.7 Å². The fourth-order valence-corrected chi connectivity index (χ4v) is 2.21. The van der Waals surface area contributed by atoms with Crippen molar-refractivity contribution in [3.8, 4) is 5.75 Å². The van der Waals surface area contributed by atoms with Gasteiger partial charge in [0.1, 0.15) is 23.5 Å². The van der Waals surface area contributed by atoms with E-state index in [1.54, 1.807) is 13.8 Å². The Morgan fingerprint density at radius 1 is 0.667 bits per heavy atom. The van der Waals surface area contributed by atoms with E-state index in [1.807, 2.05) is 19.0 Å². The van der Waals surface area contributed by atoms with E-state index >= 15 is 0 Å². The molecule has 0 spiro atoms. The predicted molar refractivity (Wildman–Crippen MR) is 159 cm³/mol. The summed E-state index contributed by atoms with van der Waals surface area (Å²) in [5.41, 5.74) is -2.72. The molecule has 1 rings (SSSR count). The van der Waals surface area contributed by atoms with Crippen molar-refractivity contribution in [1.82, 2.24) is 4.90 Å². The number of benzene rings is 1. The Kier molecular flexibility index (Phi) is 21.6. The topological polar surface area (TPSA) is 263 Å². The minimum atomic E-state index is -1.73. The molecule has 0 fully saturated rings. The van der Waals surface area contributed by atoms with Crippen molar-refractivity contribution < 1.29 is 73.7 Å². The normalized spacial score (nSPS) is 9.31. The first-order valence-corrected chi connectivity index (χ1v) is 12.6. The second-order valence-electron chi connectivity index (χ2n) is 9.01. The number of nitrogens with zero attached hydrogens (tertiary/aromatic N) is 1. The van der Waals surface area contributed by atoms with E-state index in [0.717, 1.165) is 6.54 Å². The van der Waals surface area contributed by atoms with Crippen LogP contribution >= 0.6 is 0 Å². The first-order valence-electron chi connectivity index (χ1n) is 12.6. The predicted octanol–water partition coefficient (Wildman–Crippen LogP) is 3.23. The number of ether oxygens (including phenoxy) is 2. The van der Waals surface area contributed by atoms with Gasteiger partial charge in [-0.05, 0) is 47.4 Å². The van der Waals surface area contributed by atoms with Crippen LogP contribution in [-0.4, -0.2) is 111 Å². The first-order chi connectivity index (χ1) is 20.5. The summed E-state index contributed by atoms with van der Waals surface area (Å²) in [5.74, 6) is -9.85. The molecule has 45 heavy (non-hydrogen) atoms. The van der Waals surface area contributed by atoms with E-state index in [0.29, 0.717) is 24.7 Å². The number of aromatic carboxylic acids is 4. The largest absolute Gasteiger partial charge is 0.492 e. The average Bonchev–Trinajstić information content (AvgIpc) is 2.90. The molecular weight excluding hydrogens is 602 g/mol. The molecule has 0 heterocycles. The second kappa shape index (κ2) is 22.1. The molecule has 6 N–H and O–H groups in total. The lowest BCUT2D eigenvalue weighted by Gasteiger charge is -2.15. The molecular formula is C29H39NO15. The van der Waals surface area contributed by atoms with E-state index < -0.39 is 63.8 Å². The van der Waals surface area contributed by atoms with Crippen LogP contribution < -0.4 is 4.74 Å². The molecule has 0 aliphatic heterocycles. The Labute approximate surface area is 259 Å². The molecule has 0 amide bonds. The number of hydrogen-bond donors (Lipinski definition) is 6. The zero-order chi connectivity index (χ0) is 36.2. The van der Waals surface area contributed by atoms with Crippen LogP contribution in [0.2, 0.25) is 0 Å². The van der Waals surface area contributed by atoms with Gasteiger partial charge in [-0.3, -0.25) is 0 Å². The molecule has 0 saturated carbocycles. The fraction of sp³-hybridized carbons (Fsp3) is 0.345. The van der Waals surface area contributed by atoms with E-state index in [9.17, 15) is 33.6 Å². The Hall–Kier alpha value is -5.51. The van der Waals surface area contributed by atoms with Gasteiger partial charge in [-0.2, -0.15) is 0 Å². The van der Waals surface area contributed by atoms with Gasteiger partial charge in [0.25, 0.3) is 0 Å². The van der Waals surface area contributed by atoms with E-state index in [-0.39, 0.29) is 23.7 Å². The summed E-state index contributed by atoms with van der Waals surface area (Å²) in [6.07, 6.45) is 0.373. The molecule has 0 aliphatic rings. The van der Waals surface area contributed by atoms with Crippen molar-refractivity contribution in [2.75, 3.05) is 33.9 Å². The zero-order valence-electron chi connectivity index (χ0n) is 25.8. The Balaban J connectivity index is -0.000000633. The summed E-state index contributed by atoms with van der Waals surface area (Å²) in [6.45, 7) is 17.0. The van der Waals surface area contributed by atoms with Crippen molar-refractivity contribution >= 4 is 41.8 Å². The lowest BCUT2D eigenvalue weighted by molar-refractivity contribution is -0.139. The van der Waals surface area contributed by atoms with Crippen molar-refractivity contribution in [3.63, 3.8) is 0 Å². The van der Waals surface area contributed by atoms with Gasteiger partial charge in [0.2, 0.25) is 0 Å². The standard InChI is InChI=1S/C13H12O9.C8H15NO2.2C4H6O2/c1-2-3-22-9-7(12(18)19)5(10(14)15)4-6(11(16)17)8(9)13(20)21;1-7(2)8(10)11-6-5-9(3)4;2*1-3(2)4(5)6/h4H,2-3H2,1H3,(H,14,15)(H,16,17)(H,18,19)(H,20,21);1,5-6H2,2-4H3;2*1H2,2H3,(H,5,6). The molecule has 0 radical (unpaired) electrons. The number of aliphatic carboxylic acids is 2. The lowest BCUT2D eigenvalue weighted by Crippen LogP contribution is -2.20. The lowest BCUT2D eigenvalue weighted by atomic mass is 9.96. The quantitative estimate of drug-likeness (QED) is 0.133. The van der Waals surface area contributed by atoms with Gasteiger partial charge in [-0.15, -0.1) is 0 Å². The van der Waals surface area contributed by atoms with Crippen molar-refractivity contribution in [2.45, 2.75) is 34.1 Å². The summed E-state index contributed by atoms with van der Waals surface area (Å²) >= 11 is 0. The minimum absolute atomic E-state index is 0.108. The molecule has 1 aromatic carbocycles. The number of carbonyl (C=O) groups is 7. The summed E-state index contributed by atoms with van der Waals surface area (Å²) in [6, 6.07) is 0.496. The molecule has 0 bridgehead atoms. The maximum absolute atomic E-state index is 11.3. The number of carbonyl (C=O) groups excluding carboxylic acids is 1. The van der Waals surface area contributed by atoms with Crippen molar-refractivity contribution in [1.29, 1.82) is 0 Å². The van der Waals surface area contributed by atoms with Gasteiger partial charge in [0.05, 0.1) is 17.7 Å². The van der Waals surface area contributed by atoms with Gasteiger partial charge < -0.3 is 45.0 Å². The maximum Gasteiger partial charge on any atom is 0.340 e. The number of hydrogen-bond acceptors (Lipinski definition) is 10. The Morgan fingerprint density at radius 3 is 1.24 bits per heavy atom. The first kappa shape index (κ1) is 43.9. The van der Waals surface area contributed by atoms with E-state index in [1.165, 1.54) is 13.8 Å². The Morgan fingerprint density at radius 2 is 1.02 bits per heavy atom. The summed E-state index contributed by atoms with van der Waals surface area (Å²) in [7, 11) is 3.85. The van der Waals surface area contributed by atoms with Crippen LogP contribution in [0.4, 0.5) is 0 Å². The number of likely N-dealkylation sites (N-methyl/N-ethyl adjacent to an activating group) is 1. The van der Waals surface area contributed by atoms with E-state index in [2.05, 4.69) is 19.7 Å². The molecule has 0 unspecified atom stereocenters.